The van der Waals surface area contributed by atoms with Gasteiger partial charge in [-0.15, -0.1) is 0 Å². The second-order valence-corrected chi connectivity index (χ2v) is 4.78. The van der Waals surface area contributed by atoms with E-state index in [0.29, 0.717) is 5.75 Å². The maximum atomic E-state index is 10.0. The second-order valence-electron chi connectivity index (χ2n) is 4.78. The Morgan fingerprint density at radius 2 is 1.86 bits per heavy atom. The van der Waals surface area contributed by atoms with Crippen LogP contribution in [0.3, 0.4) is 0 Å². The minimum Gasteiger partial charge on any atom is -0.507 e. The molecule has 14 heavy (non-hydrogen) atoms. The Morgan fingerprint density at radius 3 is 2.29 bits per heavy atom. The minimum atomic E-state index is -0.128. The van der Waals surface area contributed by atoms with Gasteiger partial charge in [-0.25, -0.2) is 0 Å². The van der Waals surface area contributed by atoms with Crippen molar-refractivity contribution in [2.75, 3.05) is 0 Å². The summed E-state index contributed by atoms with van der Waals surface area (Å²) in [6.07, 6.45) is 0. The number of benzene rings is 1. The fraction of sp³-hybridized carbons (Fsp3) is 0.500. The maximum absolute atomic E-state index is 10.0. The SMILES string of the molecule is C[C@H](N)c1cccc(C(C)(C)C)c1O. The molecule has 3 N–H and O–H groups in total. The van der Waals surface area contributed by atoms with E-state index in [9.17, 15) is 5.11 Å². The van der Waals surface area contributed by atoms with E-state index in [0.717, 1.165) is 11.1 Å². The highest BCUT2D eigenvalue weighted by Crippen LogP contribution is 2.34. The molecule has 0 aliphatic heterocycles. The Kier molecular flexibility index (Phi) is 2.86. The van der Waals surface area contributed by atoms with Gasteiger partial charge in [0.15, 0.2) is 0 Å². The molecule has 0 aliphatic rings. The van der Waals surface area contributed by atoms with Crippen LogP contribution in [0.1, 0.15) is 44.9 Å². The Morgan fingerprint density at radius 1 is 1.29 bits per heavy atom. The van der Waals surface area contributed by atoms with Gasteiger partial charge < -0.3 is 10.8 Å². The molecule has 0 unspecified atom stereocenters. The summed E-state index contributed by atoms with van der Waals surface area (Å²) < 4.78 is 0. The molecule has 1 atom stereocenters. The average molecular weight is 193 g/mol. The molecule has 78 valence electrons. The first-order valence-corrected chi connectivity index (χ1v) is 4.92. The summed E-state index contributed by atoms with van der Waals surface area (Å²) in [7, 11) is 0. The summed E-state index contributed by atoms with van der Waals surface area (Å²) in [4.78, 5) is 0. The molecule has 1 rings (SSSR count). The van der Waals surface area contributed by atoms with Crippen molar-refractivity contribution < 1.29 is 5.11 Å². The predicted molar refractivity (Wildman–Crippen MR) is 59.4 cm³/mol. The van der Waals surface area contributed by atoms with Gasteiger partial charge in [0, 0.05) is 11.6 Å². The largest absolute Gasteiger partial charge is 0.507 e. The molecule has 1 aromatic rings. The molecule has 0 bridgehead atoms. The topological polar surface area (TPSA) is 46.2 Å². The molecule has 2 nitrogen and oxygen atoms in total. The van der Waals surface area contributed by atoms with Crippen molar-refractivity contribution in [2.45, 2.75) is 39.2 Å². The van der Waals surface area contributed by atoms with Gasteiger partial charge in [-0.05, 0) is 17.9 Å². The molecular weight excluding hydrogens is 174 g/mol. The summed E-state index contributed by atoms with van der Waals surface area (Å²) in [6.45, 7) is 8.11. The average Bonchev–Trinajstić information content (AvgIpc) is 2.01. The first kappa shape index (κ1) is 11.1. The fourth-order valence-corrected chi connectivity index (χ4v) is 1.53. The van der Waals surface area contributed by atoms with Crippen molar-refractivity contribution in [2.24, 2.45) is 5.73 Å². The zero-order chi connectivity index (χ0) is 10.9. The molecule has 0 saturated carbocycles. The Labute approximate surface area is 85.8 Å². The summed E-state index contributed by atoms with van der Waals surface area (Å²) in [5, 5.41) is 10.0. The van der Waals surface area contributed by atoms with Gasteiger partial charge in [0.1, 0.15) is 5.75 Å². The molecule has 0 heterocycles. The normalized spacial score (nSPS) is 14.1. The summed E-state index contributed by atoms with van der Waals surface area (Å²) in [6, 6.07) is 5.63. The van der Waals surface area contributed by atoms with Crippen LogP contribution in [-0.2, 0) is 5.41 Å². The molecule has 0 amide bonds. The first-order chi connectivity index (χ1) is 6.34. The number of phenols is 1. The summed E-state index contributed by atoms with van der Waals surface area (Å²) >= 11 is 0. The van der Waals surface area contributed by atoms with Crippen LogP contribution in [0.5, 0.6) is 5.75 Å². The number of rotatable bonds is 1. The van der Waals surface area contributed by atoms with Gasteiger partial charge in [-0.1, -0.05) is 39.0 Å². The van der Waals surface area contributed by atoms with Crippen molar-refractivity contribution in [1.82, 2.24) is 0 Å². The van der Waals surface area contributed by atoms with Gasteiger partial charge in [0.25, 0.3) is 0 Å². The van der Waals surface area contributed by atoms with E-state index in [1.165, 1.54) is 0 Å². The fourth-order valence-electron chi connectivity index (χ4n) is 1.53. The molecule has 0 aromatic heterocycles. The summed E-state index contributed by atoms with van der Waals surface area (Å²) in [5.41, 5.74) is 7.49. The van der Waals surface area contributed by atoms with E-state index < -0.39 is 0 Å². The van der Waals surface area contributed by atoms with E-state index in [-0.39, 0.29) is 11.5 Å². The molecule has 0 aliphatic carbocycles. The zero-order valence-electron chi connectivity index (χ0n) is 9.33. The van der Waals surface area contributed by atoms with Crippen LogP contribution in [0, 0.1) is 0 Å². The molecule has 2 heteroatoms. The Bertz CT molecular complexity index is 324. The molecule has 0 saturated heterocycles. The van der Waals surface area contributed by atoms with Crippen molar-refractivity contribution in [1.29, 1.82) is 0 Å². The van der Waals surface area contributed by atoms with Crippen LogP contribution in [-0.4, -0.2) is 5.11 Å². The molecule has 0 fully saturated rings. The monoisotopic (exact) mass is 193 g/mol. The van der Waals surface area contributed by atoms with Gasteiger partial charge in [-0.2, -0.15) is 0 Å². The third kappa shape index (κ3) is 2.07. The lowest BCUT2D eigenvalue weighted by Gasteiger charge is -2.22. The number of aromatic hydroxyl groups is 1. The van der Waals surface area contributed by atoms with Gasteiger partial charge in [0.05, 0.1) is 0 Å². The van der Waals surface area contributed by atoms with Crippen LogP contribution in [0.25, 0.3) is 0 Å². The van der Waals surface area contributed by atoms with E-state index in [1.54, 1.807) is 0 Å². The zero-order valence-corrected chi connectivity index (χ0v) is 9.33. The number of nitrogens with two attached hydrogens (primary N) is 1. The first-order valence-electron chi connectivity index (χ1n) is 4.92. The smallest absolute Gasteiger partial charge is 0.124 e. The van der Waals surface area contributed by atoms with E-state index >= 15 is 0 Å². The van der Waals surface area contributed by atoms with Crippen LogP contribution in [0.4, 0.5) is 0 Å². The molecular formula is C12H19NO. The minimum absolute atomic E-state index is 0.0466. The Hall–Kier alpha value is -1.02. The third-order valence-corrected chi connectivity index (χ3v) is 2.37. The van der Waals surface area contributed by atoms with Crippen LogP contribution >= 0.6 is 0 Å². The van der Waals surface area contributed by atoms with E-state index in [2.05, 4.69) is 20.8 Å². The third-order valence-electron chi connectivity index (χ3n) is 2.37. The highest BCUT2D eigenvalue weighted by molar-refractivity contribution is 5.45. The van der Waals surface area contributed by atoms with Crippen molar-refractivity contribution >= 4 is 0 Å². The quantitative estimate of drug-likeness (QED) is 0.720. The summed E-state index contributed by atoms with van der Waals surface area (Å²) in [5.74, 6) is 0.343. The number of para-hydroxylation sites is 1. The number of hydrogen-bond acceptors (Lipinski definition) is 2. The van der Waals surface area contributed by atoms with Crippen LogP contribution < -0.4 is 5.73 Å². The van der Waals surface area contributed by atoms with E-state index in [1.807, 2.05) is 25.1 Å². The number of hydrogen-bond donors (Lipinski definition) is 2. The molecule has 0 radical (unpaired) electrons. The van der Waals surface area contributed by atoms with Gasteiger partial charge >= 0.3 is 0 Å². The lowest BCUT2D eigenvalue weighted by Crippen LogP contribution is -2.14. The molecule has 0 spiro atoms. The van der Waals surface area contributed by atoms with Gasteiger partial charge in [0.2, 0.25) is 0 Å². The highest BCUT2D eigenvalue weighted by atomic mass is 16.3. The Balaban J connectivity index is 3.28. The van der Waals surface area contributed by atoms with Crippen LogP contribution in [0.15, 0.2) is 18.2 Å². The van der Waals surface area contributed by atoms with Crippen LogP contribution in [0.2, 0.25) is 0 Å². The van der Waals surface area contributed by atoms with E-state index in [4.69, 9.17) is 5.73 Å². The number of phenolic OH excluding ortho intramolecular Hbond substituents is 1. The second kappa shape index (κ2) is 3.62. The lowest BCUT2D eigenvalue weighted by molar-refractivity contribution is 0.436. The van der Waals surface area contributed by atoms with Crippen molar-refractivity contribution in [3.8, 4) is 5.75 Å². The predicted octanol–water partition coefficient (Wildman–Crippen LogP) is 2.71. The van der Waals surface area contributed by atoms with Gasteiger partial charge in [-0.3, -0.25) is 0 Å². The van der Waals surface area contributed by atoms with Crippen molar-refractivity contribution in [3.63, 3.8) is 0 Å². The lowest BCUT2D eigenvalue weighted by atomic mass is 9.84. The highest BCUT2D eigenvalue weighted by Gasteiger charge is 2.20. The molecule has 1 aromatic carbocycles. The standard InChI is InChI=1S/C12H19NO/c1-8(13)9-6-5-7-10(11(9)14)12(2,3)4/h5-8,14H,13H2,1-4H3/t8-/m0/s1. The maximum Gasteiger partial charge on any atom is 0.124 e. The van der Waals surface area contributed by atoms with Crippen molar-refractivity contribution in [3.05, 3.63) is 29.3 Å².